The Bertz CT molecular complexity index is 311. The van der Waals surface area contributed by atoms with Gasteiger partial charge in [0.1, 0.15) is 0 Å². The van der Waals surface area contributed by atoms with Crippen LogP contribution in [0.4, 0.5) is 0 Å². The van der Waals surface area contributed by atoms with Crippen LogP contribution in [0.25, 0.3) is 0 Å². The van der Waals surface area contributed by atoms with E-state index in [9.17, 15) is 8.42 Å². The van der Waals surface area contributed by atoms with E-state index in [2.05, 4.69) is 4.98 Å². The molecule has 0 fully saturated rings. The summed E-state index contributed by atoms with van der Waals surface area (Å²) < 4.78 is 21.1. The van der Waals surface area contributed by atoms with Crippen molar-refractivity contribution in [3.63, 3.8) is 0 Å². The Morgan fingerprint density at radius 1 is 1.36 bits per heavy atom. The maximum Gasteiger partial charge on any atom is 0.255 e. The molecule has 0 saturated carbocycles. The fourth-order valence-electron chi connectivity index (χ4n) is 0.515. The predicted molar refractivity (Wildman–Crippen MR) is 41.4 cm³/mol. The van der Waals surface area contributed by atoms with Crippen LogP contribution in [0.3, 0.4) is 0 Å². The van der Waals surface area contributed by atoms with Gasteiger partial charge < -0.3 is 0 Å². The van der Waals surface area contributed by atoms with Crippen molar-refractivity contribution in [2.45, 2.75) is 5.03 Å². The van der Waals surface area contributed by atoms with Gasteiger partial charge in [0.25, 0.3) is 10.0 Å². The molecular weight excluding hydrogens is 175 g/mol. The van der Waals surface area contributed by atoms with Gasteiger partial charge in [-0.1, -0.05) is 6.07 Å². The van der Waals surface area contributed by atoms with Crippen molar-refractivity contribution in [2.24, 2.45) is 5.14 Å². The monoisotopic (exact) mass is 181 g/mol. The van der Waals surface area contributed by atoms with Crippen LogP contribution in [0, 0.1) is 0 Å². The SMILES string of the molecule is NS(=O)(=O)c1ccccn1.[Na]. The second-order valence-corrected chi connectivity index (χ2v) is 3.22. The number of rotatable bonds is 1. The standard InChI is InChI=1S/C5H6N2O2S.Na/c6-10(8,9)5-3-1-2-4-7-5;/h1-4H,(H2,6,8,9);. The van der Waals surface area contributed by atoms with Crippen molar-refractivity contribution in [1.82, 2.24) is 4.98 Å². The summed E-state index contributed by atoms with van der Waals surface area (Å²) >= 11 is 0. The van der Waals surface area contributed by atoms with E-state index in [4.69, 9.17) is 5.14 Å². The van der Waals surface area contributed by atoms with Crippen LogP contribution < -0.4 is 5.14 Å². The van der Waals surface area contributed by atoms with Gasteiger partial charge in [-0.2, -0.15) is 0 Å². The molecule has 1 rings (SSSR count). The summed E-state index contributed by atoms with van der Waals surface area (Å²) in [6.45, 7) is 0. The number of nitrogens with two attached hydrogens (primary N) is 1. The first-order chi connectivity index (χ1) is 4.61. The van der Waals surface area contributed by atoms with Crippen molar-refractivity contribution in [3.8, 4) is 0 Å². The fourth-order valence-corrected chi connectivity index (χ4v) is 0.991. The van der Waals surface area contributed by atoms with Gasteiger partial charge in [-0.3, -0.25) is 0 Å². The number of nitrogens with zero attached hydrogens (tertiary/aromatic N) is 1. The smallest absolute Gasteiger partial charge is 0.243 e. The first kappa shape index (κ1) is 11.1. The van der Waals surface area contributed by atoms with Crippen molar-refractivity contribution >= 4 is 39.6 Å². The average molecular weight is 181 g/mol. The molecule has 1 radical (unpaired) electrons. The number of primary sulfonamides is 1. The van der Waals surface area contributed by atoms with Crippen LogP contribution in [0.2, 0.25) is 0 Å². The molecule has 55 valence electrons. The normalized spacial score (nSPS) is 10.3. The molecule has 2 N–H and O–H groups in total. The van der Waals surface area contributed by atoms with Gasteiger partial charge in [0.05, 0.1) is 0 Å². The fraction of sp³-hybridized carbons (Fsp3) is 0. The van der Waals surface area contributed by atoms with E-state index < -0.39 is 10.0 Å². The van der Waals surface area contributed by atoms with Crippen LogP contribution in [0.5, 0.6) is 0 Å². The Labute approximate surface area is 87.2 Å². The molecular formula is C5H6N2NaO2S. The minimum absolute atomic E-state index is 0. The Morgan fingerprint density at radius 2 is 2.00 bits per heavy atom. The maximum absolute atomic E-state index is 10.5. The van der Waals surface area contributed by atoms with Crippen LogP contribution in [0.15, 0.2) is 29.4 Å². The van der Waals surface area contributed by atoms with E-state index in [0.29, 0.717) is 0 Å². The number of hydrogen-bond donors (Lipinski definition) is 1. The molecule has 0 atom stereocenters. The van der Waals surface area contributed by atoms with E-state index in [1.165, 1.54) is 12.3 Å². The number of hydrogen-bond acceptors (Lipinski definition) is 3. The van der Waals surface area contributed by atoms with Crippen LogP contribution in [-0.2, 0) is 10.0 Å². The molecule has 0 saturated heterocycles. The Kier molecular flexibility index (Phi) is 4.20. The largest absolute Gasteiger partial charge is 0.255 e. The first-order valence-electron chi connectivity index (χ1n) is 2.54. The van der Waals surface area contributed by atoms with Gasteiger partial charge in [0.15, 0.2) is 5.03 Å². The molecule has 0 amide bonds. The molecule has 11 heavy (non-hydrogen) atoms. The molecule has 1 aromatic heterocycles. The van der Waals surface area contributed by atoms with E-state index in [0.717, 1.165) is 0 Å². The molecule has 6 heteroatoms. The third-order valence-corrected chi connectivity index (χ3v) is 1.75. The van der Waals surface area contributed by atoms with E-state index in [-0.39, 0.29) is 34.6 Å². The molecule has 0 bridgehead atoms. The number of sulfonamides is 1. The second-order valence-electron chi connectivity index (χ2n) is 1.71. The number of aromatic nitrogens is 1. The molecule has 0 aliphatic carbocycles. The summed E-state index contributed by atoms with van der Waals surface area (Å²) in [5, 5.41) is 4.66. The predicted octanol–water partition coefficient (Wildman–Crippen LogP) is -0.652. The molecule has 0 aliphatic heterocycles. The van der Waals surface area contributed by atoms with E-state index >= 15 is 0 Å². The summed E-state index contributed by atoms with van der Waals surface area (Å²) in [5.41, 5.74) is 0. The Morgan fingerprint density at radius 3 is 2.27 bits per heavy atom. The van der Waals surface area contributed by atoms with E-state index in [1.807, 2.05) is 0 Å². The first-order valence-corrected chi connectivity index (χ1v) is 4.09. The average Bonchev–Trinajstić information content (AvgIpc) is 1.88. The van der Waals surface area contributed by atoms with Crippen LogP contribution in [0.1, 0.15) is 0 Å². The molecule has 0 aliphatic rings. The van der Waals surface area contributed by atoms with Crippen molar-refractivity contribution in [3.05, 3.63) is 24.4 Å². The molecule has 1 aromatic rings. The molecule has 0 aromatic carbocycles. The van der Waals surface area contributed by atoms with Crippen molar-refractivity contribution in [1.29, 1.82) is 0 Å². The van der Waals surface area contributed by atoms with Gasteiger partial charge in [0.2, 0.25) is 0 Å². The van der Waals surface area contributed by atoms with Crippen molar-refractivity contribution < 1.29 is 8.42 Å². The van der Waals surface area contributed by atoms with Crippen molar-refractivity contribution in [2.75, 3.05) is 0 Å². The topological polar surface area (TPSA) is 73.1 Å². The second kappa shape index (κ2) is 4.18. The van der Waals surface area contributed by atoms with Gasteiger partial charge in [-0.15, -0.1) is 0 Å². The van der Waals surface area contributed by atoms with Gasteiger partial charge in [-0.05, 0) is 12.1 Å². The third-order valence-electron chi connectivity index (χ3n) is 0.929. The van der Waals surface area contributed by atoms with Gasteiger partial charge in [-0.25, -0.2) is 18.5 Å². The van der Waals surface area contributed by atoms with Crippen LogP contribution in [-0.4, -0.2) is 43.0 Å². The quantitative estimate of drug-likeness (QED) is 0.585. The third kappa shape index (κ3) is 3.31. The van der Waals surface area contributed by atoms with E-state index in [1.54, 1.807) is 12.1 Å². The summed E-state index contributed by atoms with van der Waals surface area (Å²) in [6.07, 6.45) is 1.37. The minimum Gasteiger partial charge on any atom is -0.243 e. The number of pyridine rings is 1. The zero-order valence-electron chi connectivity index (χ0n) is 6.06. The molecule has 0 spiro atoms. The maximum atomic E-state index is 10.5. The molecule has 4 nitrogen and oxygen atoms in total. The minimum atomic E-state index is -3.61. The Balaban J connectivity index is 0.000001000. The Hall–Kier alpha value is 0.0600. The van der Waals surface area contributed by atoms with Gasteiger partial charge >= 0.3 is 0 Å². The molecule has 1 heterocycles. The molecule has 0 unspecified atom stereocenters. The zero-order chi connectivity index (χ0) is 7.61. The van der Waals surface area contributed by atoms with Crippen LogP contribution >= 0.6 is 0 Å². The van der Waals surface area contributed by atoms with Gasteiger partial charge in [0, 0.05) is 35.8 Å². The summed E-state index contributed by atoms with van der Waals surface area (Å²) in [5.74, 6) is 0. The summed E-state index contributed by atoms with van der Waals surface area (Å²) in [4.78, 5) is 3.54. The summed E-state index contributed by atoms with van der Waals surface area (Å²) in [7, 11) is -3.61. The zero-order valence-corrected chi connectivity index (χ0v) is 8.88. The summed E-state index contributed by atoms with van der Waals surface area (Å²) in [6, 6.07) is 4.52.